The van der Waals surface area contributed by atoms with Gasteiger partial charge in [-0.15, -0.1) is 0 Å². The summed E-state index contributed by atoms with van der Waals surface area (Å²) in [6, 6.07) is 0. The van der Waals surface area contributed by atoms with E-state index in [2.05, 4.69) is 17.1 Å². The van der Waals surface area contributed by atoms with E-state index in [4.69, 9.17) is 4.42 Å². The van der Waals surface area contributed by atoms with Crippen molar-refractivity contribution < 1.29 is 9.52 Å². The highest BCUT2D eigenvalue weighted by molar-refractivity contribution is 5.21. The van der Waals surface area contributed by atoms with Gasteiger partial charge in [0.25, 0.3) is 0 Å². The number of rotatable bonds is 1. The van der Waals surface area contributed by atoms with Crippen LogP contribution in [-0.4, -0.2) is 10.1 Å². The van der Waals surface area contributed by atoms with Crippen LogP contribution in [0.15, 0.2) is 21.4 Å². The first-order valence-electron chi connectivity index (χ1n) is 4.77. The van der Waals surface area contributed by atoms with Gasteiger partial charge in [-0.1, -0.05) is 19.1 Å². The minimum Gasteiger partial charge on any atom is -0.492 e. The summed E-state index contributed by atoms with van der Waals surface area (Å²) in [6.07, 6.45) is 6.07. The van der Waals surface area contributed by atoms with Crippen LogP contribution in [0.3, 0.4) is 0 Å². The Morgan fingerprint density at radius 2 is 2.43 bits per heavy atom. The third-order valence-electron chi connectivity index (χ3n) is 2.71. The van der Waals surface area contributed by atoms with Crippen LogP contribution in [0.1, 0.15) is 31.4 Å². The molecule has 2 N–H and O–H groups in total. The van der Waals surface area contributed by atoms with Crippen LogP contribution in [-0.2, 0) is 0 Å². The lowest BCUT2D eigenvalue weighted by Gasteiger charge is -2.21. The molecule has 0 fully saturated rings. The lowest BCUT2D eigenvalue weighted by Crippen LogP contribution is -2.10. The Bertz CT molecular complexity index is 402. The van der Waals surface area contributed by atoms with Gasteiger partial charge in [0.15, 0.2) is 5.76 Å². The molecule has 0 aromatic carbocycles. The highest BCUT2D eigenvalue weighted by atomic mass is 16.4. The Balaban J connectivity index is 2.34. The smallest absolute Gasteiger partial charge is 0.419 e. The molecule has 2 rings (SSSR count). The number of H-pyrrole nitrogens is 1. The van der Waals surface area contributed by atoms with Gasteiger partial charge in [0.2, 0.25) is 5.88 Å². The number of aromatic nitrogens is 1. The summed E-state index contributed by atoms with van der Waals surface area (Å²) < 4.78 is 4.93. The minimum atomic E-state index is -0.584. The minimum absolute atomic E-state index is 0.110. The third-order valence-corrected chi connectivity index (χ3v) is 2.71. The summed E-state index contributed by atoms with van der Waals surface area (Å²) >= 11 is 0. The fraction of sp³-hybridized carbons (Fsp3) is 0.500. The van der Waals surface area contributed by atoms with Crippen molar-refractivity contribution in [3.63, 3.8) is 0 Å². The lowest BCUT2D eigenvalue weighted by atomic mass is 9.84. The van der Waals surface area contributed by atoms with Crippen molar-refractivity contribution in [1.29, 1.82) is 0 Å². The van der Waals surface area contributed by atoms with Gasteiger partial charge in [0.1, 0.15) is 0 Å². The standard InChI is InChI=1S/C10H13NO3/c1-6-4-2-3-5-7(6)8-9(12)11-10(13)14-8/h2,4,6-7,12H,3,5H2,1H3,(H,11,13). The fourth-order valence-corrected chi connectivity index (χ4v) is 1.94. The third kappa shape index (κ3) is 1.47. The van der Waals surface area contributed by atoms with E-state index >= 15 is 0 Å². The summed E-state index contributed by atoms with van der Waals surface area (Å²) in [5, 5.41) is 9.43. The summed E-state index contributed by atoms with van der Waals surface area (Å²) in [6.45, 7) is 2.05. The van der Waals surface area contributed by atoms with Crippen LogP contribution in [0.25, 0.3) is 0 Å². The molecule has 4 nitrogen and oxygen atoms in total. The zero-order valence-electron chi connectivity index (χ0n) is 7.99. The molecular formula is C10H13NO3. The van der Waals surface area contributed by atoms with Crippen LogP contribution in [0.2, 0.25) is 0 Å². The number of hydrogen-bond acceptors (Lipinski definition) is 3. The summed E-state index contributed by atoms with van der Waals surface area (Å²) in [5.41, 5.74) is 0. The zero-order valence-corrected chi connectivity index (χ0v) is 7.99. The number of hydrogen-bond donors (Lipinski definition) is 2. The Kier molecular flexibility index (Phi) is 2.19. The van der Waals surface area contributed by atoms with Gasteiger partial charge in [0.05, 0.1) is 0 Å². The van der Waals surface area contributed by atoms with Gasteiger partial charge < -0.3 is 9.52 Å². The number of nitrogens with one attached hydrogen (secondary N) is 1. The quantitative estimate of drug-likeness (QED) is 0.671. The second-order valence-corrected chi connectivity index (χ2v) is 3.70. The zero-order chi connectivity index (χ0) is 10.1. The molecule has 1 aromatic rings. The first-order chi connectivity index (χ1) is 6.68. The average molecular weight is 195 g/mol. The molecule has 1 aliphatic rings. The molecular weight excluding hydrogens is 182 g/mol. The molecule has 0 radical (unpaired) electrons. The Morgan fingerprint density at radius 3 is 3.00 bits per heavy atom. The van der Waals surface area contributed by atoms with E-state index in [9.17, 15) is 9.90 Å². The molecule has 1 heterocycles. The predicted octanol–water partition coefficient (Wildman–Crippen LogP) is 1.74. The monoisotopic (exact) mass is 195 g/mol. The Hall–Kier alpha value is -1.45. The first kappa shape index (κ1) is 9.12. The van der Waals surface area contributed by atoms with Gasteiger partial charge in [0, 0.05) is 5.92 Å². The molecule has 2 atom stereocenters. The summed E-state index contributed by atoms with van der Waals surface area (Å²) in [7, 11) is 0. The van der Waals surface area contributed by atoms with Gasteiger partial charge in [-0.2, -0.15) is 0 Å². The number of aromatic amines is 1. The average Bonchev–Trinajstić information content (AvgIpc) is 2.46. The fourth-order valence-electron chi connectivity index (χ4n) is 1.94. The van der Waals surface area contributed by atoms with E-state index in [1.807, 2.05) is 6.92 Å². The van der Waals surface area contributed by atoms with Crippen LogP contribution in [0, 0.1) is 5.92 Å². The molecule has 2 unspecified atom stereocenters. The molecule has 0 bridgehead atoms. The second-order valence-electron chi connectivity index (χ2n) is 3.70. The molecule has 0 aliphatic heterocycles. The highest BCUT2D eigenvalue weighted by Crippen LogP contribution is 2.36. The van der Waals surface area contributed by atoms with E-state index in [1.165, 1.54) is 0 Å². The summed E-state index contributed by atoms with van der Waals surface area (Å²) in [4.78, 5) is 13.1. The van der Waals surface area contributed by atoms with Crippen molar-refractivity contribution in [2.45, 2.75) is 25.7 Å². The van der Waals surface area contributed by atoms with Crippen molar-refractivity contribution in [3.8, 4) is 5.88 Å². The SMILES string of the molecule is CC1C=CCCC1c1oc(=O)[nH]c1O. The van der Waals surface area contributed by atoms with Crippen molar-refractivity contribution in [2.24, 2.45) is 5.92 Å². The van der Waals surface area contributed by atoms with Crippen LogP contribution in [0.5, 0.6) is 5.88 Å². The van der Waals surface area contributed by atoms with E-state index in [-0.39, 0.29) is 11.8 Å². The second kappa shape index (κ2) is 3.36. The molecule has 14 heavy (non-hydrogen) atoms. The molecule has 4 heteroatoms. The molecule has 76 valence electrons. The van der Waals surface area contributed by atoms with E-state index < -0.39 is 5.76 Å². The first-order valence-corrected chi connectivity index (χ1v) is 4.77. The number of aromatic hydroxyl groups is 1. The van der Waals surface area contributed by atoms with E-state index in [0.29, 0.717) is 11.7 Å². The molecule has 0 amide bonds. The normalized spacial score (nSPS) is 26.6. The number of allylic oxidation sites excluding steroid dienone is 2. The van der Waals surface area contributed by atoms with E-state index in [0.717, 1.165) is 12.8 Å². The maximum Gasteiger partial charge on any atom is 0.419 e. The van der Waals surface area contributed by atoms with Gasteiger partial charge >= 0.3 is 5.76 Å². The van der Waals surface area contributed by atoms with Gasteiger partial charge in [-0.3, -0.25) is 4.98 Å². The summed E-state index contributed by atoms with van der Waals surface area (Å²) in [5.74, 6) is 0.0980. The molecule has 1 aliphatic carbocycles. The Morgan fingerprint density at radius 1 is 1.64 bits per heavy atom. The molecule has 0 saturated heterocycles. The van der Waals surface area contributed by atoms with Crippen LogP contribution in [0.4, 0.5) is 0 Å². The van der Waals surface area contributed by atoms with Crippen LogP contribution < -0.4 is 5.76 Å². The van der Waals surface area contributed by atoms with Gasteiger partial charge in [-0.05, 0) is 18.8 Å². The van der Waals surface area contributed by atoms with Crippen LogP contribution >= 0.6 is 0 Å². The predicted molar refractivity (Wildman–Crippen MR) is 51.3 cm³/mol. The largest absolute Gasteiger partial charge is 0.492 e. The maximum absolute atomic E-state index is 10.9. The van der Waals surface area contributed by atoms with Crippen molar-refractivity contribution in [3.05, 3.63) is 28.5 Å². The molecule has 0 spiro atoms. The molecule has 1 aromatic heterocycles. The number of oxazole rings is 1. The topological polar surface area (TPSA) is 66.2 Å². The lowest BCUT2D eigenvalue weighted by molar-refractivity contribution is 0.351. The maximum atomic E-state index is 10.9. The van der Waals surface area contributed by atoms with Gasteiger partial charge in [-0.25, -0.2) is 4.79 Å². The van der Waals surface area contributed by atoms with Crippen molar-refractivity contribution in [1.82, 2.24) is 4.98 Å². The highest BCUT2D eigenvalue weighted by Gasteiger charge is 2.26. The van der Waals surface area contributed by atoms with Crippen molar-refractivity contribution >= 4 is 0 Å². The Labute approximate surface area is 81.3 Å². The molecule has 0 saturated carbocycles. The van der Waals surface area contributed by atoms with E-state index in [1.54, 1.807) is 0 Å². The van der Waals surface area contributed by atoms with Crippen molar-refractivity contribution in [2.75, 3.05) is 0 Å².